The lowest BCUT2D eigenvalue weighted by molar-refractivity contribution is -0.288. The van der Waals surface area contributed by atoms with Crippen molar-refractivity contribution in [1.29, 1.82) is 0 Å². The molecule has 1 saturated carbocycles. The number of ether oxygens (including phenoxy) is 3. The van der Waals surface area contributed by atoms with Gasteiger partial charge in [-0.15, -0.1) is 0 Å². The topological polar surface area (TPSA) is 27.7 Å². The Morgan fingerprint density at radius 1 is 1.19 bits per heavy atom. The maximum Gasteiger partial charge on any atom is 0.194 e. The molecule has 1 aliphatic heterocycles. The van der Waals surface area contributed by atoms with Crippen molar-refractivity contribution in [3.63, 3.8) is 0 Å². The molecule has 1 saturated heterocycles. The highest BCUT2D eigenvalue weighted by atomic mass is 16.8. The van der Waals surface area contributed by atoms with Gasteiger partial charge in [0, 0.05) is 6.42 Å². The molecule has 1 heterocycles. The van der Waals surface area contributed by atoms with Crippen molar-refractivity contribution in [2.45, 2.75) is 31.3 Å². The van der Waals surface area contributed by atoms with E-state index in [1.165, 1.54) is 5.56 Å². The average Bonchev–Trinajstić information content (AvgIpc) is 2.81. The summed E-state index contributed by atoms with van der Waals surface area (Å²) in [6.45, 7) is 2.04. The third-order valence-corrected chi connectivity index (χ3v) is 3.32. The lowest BCUT2D eigenvalue weighted by Gasteiger charge is -2.43. The summed E-state index contributed by atoms with van der Waals surface area (Å²) in [6.07, 6.45) is 2.11. The van der Waals surface area contributed by atoms with Gasteiger partial charge in [0.25, 0.3) is 0 Å². The Morgan fingerprint density at radius 2 is 1.94 bits per heavy atom. The van der Waals surface area contributed by atoms with Crippen LogP contribution in [0.3, 0.4) is 0 Å². The Kier molecular flexibility index (Phi) is 2.67. The quantitative estimate of drug-likeness (QED) is 0.780. The van der Waals surface area contributed by atoms with Crippen LogP contribution in [-0.4, -0.2) is 25.1 Å². The highest BCUT2D eigenvalue weighted by Crippen LogP contribution is 2.42. The Hall–Kier alpha value is -0.900. The first-order chi connectivity index (χ1) is 7.89. The van der Waals surface area contributed by atoms with Crippen LogP contribution < -0.4 is 0 Å². The number of hydrogen-bond acceptors (Lipinski definition) is 3. The van der Waals surface area contributed by atoms with Gasteiger partial charge in [-0.25, -0.2) is 0 Å². The second-order valence-electron chi connectivity index (χ2n) is 4.33. The van der Waals surface area contributed by atoms with Crippen molar-refractivity contribution in [3.05, 3.63) is 35.9 Å². The van der Waals surface area contributed by atoms with E-state index in [4.69, 9.17) is 14.2 Å². The van der Waals surface area contributed by atoms with E-state index in [0.717, 1.165) is 12.8 Å². The summed E-state index contributed by atoms with van der Waals surface area (Å²) in [6, 6.07) is 10.2. The molecule has 1 unspecified atom stereocenters. The molecule has 2 fully saturated rings. The fourth-order valence-corrected chi connectivity index (χ4v) is 2.28. The summed E-state index contributed by atoms with van der Waals surface area (Å²) < 4.78 is 17.1. The molecule has 86 valence electrons. The van der Waals surface area contributed by atoms with Crippen molar-refractivity contribution in [3.8, 4) is 0 Å². The fourth-order valence-electron chi connectivity index (χ4n) is 2.28. The standard InChI is InChI=1S/C13H16O3/c1-2-4-11(5-3-1)10-14-12-6-7-13(12)15-8-9-16-13/h1-5,12H,6-10H2. The largest absolute Gasteiger partial charge is 0.368 e. The molecular formula is C13H16O3. The van der Waals surface area contributed by atoms with Crippen molar-refractivity contribution >= 4 is 0 Å². The third kappa shape index (κ3) is 1.75. The zero-order valence-electron chi connectivity index (χ0n) is 9.22. The first-order valence-electron chi connectivity index (χ1n) is 5.82. The lowest BCUT2D eigenvalue weighted by atomic mass is 9.87. The minimum absolute atomic E-state index is 0.107. The van der Waals surface area contributed by atoms with Crippen LogP contribution in [0, 0.1) is 0 Å². The molecule has 3 rings (SSSR count). The minimum atomic E-state index is -0.408. The van der Waals surface area contributed by atoms with Crippen LogP contribution in [0.2, 0.25) is 0 Å². The Morgan fingerprint density at radius 3 is 2.56 bits per heavy atom. The van der Waals surface area contributed by atoms with Crippen LogP contribution in [0.1, 0.15) is 18.4 Å². The summed E-state index contributed by atoms with van der Waals surface area (Å²) in [5.41, 5.74) is 1.20. The van der Waals surface area contributed by atoms with E-state index in [-0.39, 0.29) is 6.10 Å². The van der Waals surface area contributed by atoms with E-state index in [1.54, 1.807) is 0 Å². The summed E-state index contributed by atoms with van der Waals surface area (Å²) in [5, 5.41) is 0. The molecule has 2 aliphatic rings. The van der Waals surface area contributed by atoms with Crippen LogP contribution in [0.4, 0.5) is 0 Å². The molecule has 1 atom stereocenters. The predicted molar refractivity (Wildman–Crippen MR) is 58.9 cm³/mol. The third-order valence-electron chi connectivity index (χ3n) is 3.32. The monoisotopic (exact) mass is 220 g/mol. The molecule has 3 nitrogen and oxygen atoms in total. The van der Waals surface area contributed by atoms with E-state index in [9.17, 15) is 0 Å². The second-order valence-corrected chi connectivity index (χ2v) is 4.33. The average molecular weight is 220 g/mol. The van der Waals surface area contributed by atoms with Crippen molar-refractivity contribution < 1.29 is 14.2 Å². The first kappa shape index (κ1) is 10.3. The van der Waals surface area contributed by atoms with Crippen LogP contribution in [0.5, 0.6) is 0 Å². The van der Waals surface area contributed by atoms with Gasteiger partial charge >= 0.3 is 0 Å². The molecule has 16 heavy (non-hydrogen) atoms. The molecule has 1 spiro atoms. The van der Waals surface area contributed by atoms with Gasteiger partial charge in [0.15, 0.2) is 5.79 Å². The molecule has 0 radical (unpaired) electrons. The zero-order valence-corrected chi connectivity index (χ0v) is 9.22. The van der Waals surface area contributed by atoms with Gasteiger partial charge in [-0.1, -0.05) is 30.3 Å². The second kappa shape index (κ2) is 4.17. The maximum atomic E-state index is 5.85. The van der Waals surface area contributed by atoms with Gasteiger partial charge in [0.1, 0.15) is 6.10 Å². The van der Waals surface area contributed by atoms with Gasteiger partial charge in [-0.2, -0.15) is 0 Å². The van der Waals surface area contributed by atoms with Crippen molar-refractivity contribution in [2.75, 3.05) is 13.2 Å². The minimum Gasteiger partial charge on any atom is -0.368 e. The molecule has 1 aromatic carbocycles. The molecule has 0 N–H and O–H groups in total. The lowest BCUT2D eigenvalue weighted by Crippen LogP contribution is -2.53. The number of benzene rings is 1. The SMILES string of the molecule is c1ccc(COC2CCC23OCCO3)cc1. The van der Waals surface area contributed by atoms with Crippen LogP contribution in [0.25, 0.3) is 0 Å². The summed E-state index contributed by atoms with van der Waals surface area (Å²) in [7, 11) is 0. The molecule has 0 bridgehead atoms. The van der Waals surface area contributed by atoms with Gasteiger partial charge in [-0.3, -0.25) is 0 Å². The smallest absolute Gasteiger partial charge is 0.194 e. The summed E-state index contributed by atoms with van der Waals surface area (Å²) >= 11 is 0. The van der Waals surface area contributed by atoms with E-state index in [2.05, 4.69) is 12.1 Å². The van der Waals surface area contributed by atoms with Crippen molar-refractivity contribution in [1.82, 2.24) is 0 Å². The Labute approximate surface area is 95.3 Å². The molecule has 1 aromatic rings. The molecule has 0 aromatic heterocycles. The van der Waals surface area contributed by atoms with Crippen molar-refractivity contribution in [2.24, 2.45) is 0 Å². The molecule has 0 amide bonds. The van der Waals surface area contributed by atoms with E-state index < -0.39 is 5.79 Å². The van der Waals surface area contributed by atoms with Gasteiger partial charge in [-0.05, 0) is 12.0 Å². The summed E-state index contributed by atoms with van der Waals surface area (Å²) in [5.74, 6) is -0.408. The fraction of sp³-hybridized carbons (Fsp3) is 0.538. The van der Waals surface area contributed by atoms with Gasteiger partial charge < -0.3 is 14.2 Å². The molecular weight excluding hydrogens is 204 g/mol. The van der Waals surface area contributed by atoms with E-state index >= 15 is 0 Å². The van der Waals surface area contributed by atoms with Crippen LogP contribution in [0.15, 0.2) is 30.3 Å². The number of rotatable bonds is 3. The van der Waals surface area contributed by atoms with Gasteiger partial charge in [0.05, 0.1) is 19.8 Å². The highest BCUT2D eigenvalue weighted by molar-refractivity contribution is 5.13. The molecule has 3 heteroatoms. The van der Waals surface area contributed by atoms with E-state index in [0.29, 0.717) is 19.8 Å². The van der Waals surface area contributed by atoms with E-state index in [1.807, 2.05) is 18.2 Å². The van der Waals surface area contributed by atoms with Gasteiger partial charge in [0.2, 0.25) is 0 Å². The predicted octanol–water partition coefficient (Wildman–Crippen LogP) is 2.11. The summed E-state index contributed by atoms with van der Waals surface area (Å²) in [4.78, 5) is 0. The highest BCUT2D eigenvalue weighted by Gasteiger charge is 2.52. The van der Waals surface area contributed by atoms with Crippen LogP contribution in [-0.2, 0) is 20.8 Å². The zero-order chi connectivity index (χ0) is 10.8. The molecule has 1 aliphatic carbocycles. The normalized spacial score (nSPS) is 26.9. The first-order valence-corrected chi connectivity index (χ1v) is 5.82. The maximum absolute atomic E-state index is 5.85. The van der Waals surface area contributed by atoms with Crippen LogP contribution >= 0.6 is 0 Å². The number of hydrogen-bond donors (Lipinski definition) is 0. The Balaban J connectivity index is 1.56. The Bertz CT molecular complexity index is 343.